The van der Waals surface area contributed by atoms with Crippen LogP contribution in [0.2, 0.25) is 0 Å². The number of hydrogen-bond acceptors (Lipinski definition) is 7. The van der Waals surface area contributed by atoms with Crippen molar-refractivity contribution in [3.8, 4) is 0 Å². The highest BCUT2D eigenvalue weighted by Crippen LogP contribution is 2.45. The smallest absolute Gasteiger partial charge is 0.243 e. The molecule has 10 nitrogen and oxygen atoms in total. The molecular formula is C40H63FN6O4. The minimum Gasteiger partial charge on any atom is -0.349 e. The number of hydrogen-bond donors (Lipinski definition) is 5. The first-order valence-corrected chi connectivity index (χ1v) is 20.2. The van der Waals surface area contributed by atoms with E-state index < -0.39 is 23.8 Å². The average molecular weight is 711 g/mol. The topological polar surface area (TPSA) is 124 Å². The zero-order valence-electron chi connectivity index (χ0n) is 31.2. The largest absolute Gasteiger partial charge is 0.349 e. The molecule has 4 unspecified atom stereocenters. The number of amides is 3. The molecule has 1 aromatic carbocycles. The van der Waals surface area contributed by atoms with Crippen LogP contribution in [0.5, 0.6) is 0 Å². The van der Waals surface area contributed by atoms with Gasteiger partial charge in [-0.15, -0.1) is 0 Å². The second kappa shape index (κ2) is 17.0. The van der Waals surface area contributed by atoms with Gasteiger partial charge in [0, 0.05) is 36.2 Å². The lowest BCUT2D eigenvalue weighted by molar-refractivity contribution is -0.139. The third-order valence-electron chi connectivity index (χ3n) is 13.3. The highest BCUT2D eigenvalue weighted by Gasteiger charge is 2.54. The van der Waals surface area contributed by atoms with Crippen LogP contribution in [0.15, 0.2) is 24.3 Å². The Morgan fingerprint density at radius 1 is 0.922 bits per heavy atom. The summed E-state index contributed by atoms with van der Waals surface area (Å²) in [5.41, 5.74) is 2.60. The summed E-state index contributed by atoms with van der Waals surface area (Å²) in [5.74, 6) is -0.834. The molecule has 1 spiro atoms. The summed E-state index contributed by atoms with van der Waals surface area (Å²) in [6, 6.07) is 4.63. The number of likely N-dealkylation sites (tertiary alicyclic amines) is 1. The molecule has 7 atom stereocenters. The number of nitrogens with zero attached hydrogens (tertiary/aromatic N) is 1. The van der Waals surface area contributed by atoms with Gasteiger partial charge in [-0.3, -0.25) is 29.9 Å². The molecular weight excluding hydrogens is 647 g/mol. The van der Waals surface area contributed by atoms with Crippen molar-refractivity contribution in [3.63, 3.8) is 0 Å². The lowest BCUT2D eigenvalue weighted by Crippen LogP contribution is -2.68. The lowest BCUT2D eigenvalue weighted by atomic mass is 9.70. The van der Waals surface area contributed by atoms with Gasteiger partial charge in [0.2, 0.25) is 17.7 Å². The Morgan fingerprint density at radius 3 is 2.29 bits per heavy atom. The first-order valence-electron chi connectivity index (χ1n) is 20.2. The van der Waals surface area contributed by atoms with Crippen LogP contribution in [0.3, 0.4) is 0 Å². The number of halogens is 1. The van der Waals surface area contributed by atoms with Gasteiger partial charge in [0.05, 0.1) is 24.2 Å². The Morgan fingerprint density at radius 2 is 1.59 bits per heavy atom. The molecule has 3 heterocycles. The summed E-state index contributed by atoms with van der Waals surface area (Å²) < 4.78 is 15.1. The van der Waals surface area contributed by atoms with Gasteiger partial charge in [0.15, 0.2) is 0 Å². The molecule has 3 amide bonds. The zero-order chi connectivity index (χ0) is 36.0. The van der Waals surface area contributed by atoms with Gasteiger partial charge in [-0.2, -0.15) is 5.48 Å². The zero-order valence-corrected chi connectivity index (χ0v) is 31.2. The molecule has 0 radical (unpaired) electrons. The number of hydroxylamine groups is 1. The summed E-state index contributed by atoms with van der Waals surface area (Å²) in [6.07, 6.45) is 16.5. The maximum Gasteiger partial charge on any atom is 0.243 e. The molecule has 284 valence electrons. The van der Waals surface area contributed by atoms with E-state index in [1.54, 1.807) is 6.07 Å². The van der Waals surface area contributed by atoms with E-state index in [1.807, 2.05) is 30.9 Å². The summed E-state index contributed by atoms with van der Waals surface area (Å²) >= 11 is 0. The predicted molar refractivity (Wildman–Crippen MR) is 196 cm³/mol. The normalized spacial score (nSPS) is 31.6. The van der Waals surface area contributed by atoms with Crippen LogP contribution in [0, 0.1) is 17.2 Å². The molecule has 5 fully saturated rings. The van der Waals surface area contributed by atoms with E-state index in [0.717, 1.165) is 83.5 Å². The monoisotopic (exact) mass is 710 g/mol. The molecule has 5 aliphatic rings. The fourth-order valence-electron chi connectivity index (χ4n) is 10.1. The van der Waals surface area contributed by atoms with Crippen molar-refractivity contribution in [2.75, 3.05) is 13.1 Å². The van der Waals surface area contributed by atoms with E-state index in [4.69, 9.17) is 4.84 Å². The Labute approximate surface area is 304 Å². The third-order valence-corrected chi connectivity index (χ3v) is 13.3. The number of rotatable bonds is 9. The molecule has 1 aromatic rings. The maximum absolute atomic E-state index is 15.1. The molecule has 2 aliphatic carbocycles. The second-order valence-electron chi connectivity index (χ2n) is 16.4. The number of piperidine rings is 1. The number of carbonyl (C=O) groups is 3. The predicted octanol–water partition coefficient (Wildman–Crippen LogP) is 5.53. The van der Waals surface area contributed by atoms with Crippen molar-refractivity contribution in [2.24, 2.45) is 11.3 Å². The molecule has 11 heteroatoms. The Hall–Kier alpha value is -2.60. The van der Waals surface area contributed by atoms with Crippen LogP contribution in [0.1, 0.15) is 142 Å². The fourth-order valence-corrected chi connectivity index (χ4v) is 10.1. The SMILES string of the molecule is CC1ONC(C(=O)N[C@@H](CC(=O)N2CCCC[C@@H]2C)C(=O)N[C@@H](C)C2(C3CCCCCCC3)NCC(c3ccccc3F)N2)C12CCCCCC2. The van der Waals surface area contributed by atoms with E-state index in [9.17, 15) is 14.4 Å². The Bertz CT molecular complexity index is 1350. The summed E-state index contributed by atoms with van der Waals surface area (Å²) in [7, 11) is 0. The van der Waals surface area contributed by atoms with Gasteiger partial charge in [0.25, 0.3) is 0 Å². The number of carbonyl (C=O) groups excluding carboxylic acids is 3. The molecule has 0 aromatic heterocycles. The first-order chi connectivity index (χ1) is 24.6. The van der Waals surface area contributed by atoms with Crippen molar-refractivity contribution in [2.45, 2.75) is 172 Å². The third kappa shape index (κ3) is 8.31. The molecule has 0 bridgehead atoms. The number of nitrogens with one attached hydrogen (secondary N) is 5. The summed E-state index contributed by atoms with van der Waals surface area (Å²) in [4.78, 5) is 50.5. The Balaban J connectivity index is 1.25. The van der Waals surface area contributed by atoms with Crippen molar-refractivity contribution in [1.82, 2.24) is 31.6 Å². The van der Waals surface area contributed by atoms with Crippen LogP contribution in [-0.2, 0) is 19.2 Å². The van der Waals surface area contributed by atoms with E-state index in [0.29, 0.717) is 18.7 Å². The van der Waals surface area contributed by atoms with Crippen LogP contribution < -0.4 is 26.7 Å². The van der Waals surface area contributed by atoms with Crippen molar-refractivity contribution in [3.05, 3.63) is 35.6 Å². The molecule has 3 aliphatic heterocycles. The summed E-state index contributed by atoms with van der Waals surface area (Å²) in [6.45, 7) is 7.28. The van der Waals surface area contributed by atoms with Gasteiger partial charge in [-0.1, -0.05) is 76.0 Å². The van der Waals surface area contributed by atoms with E-state index in [1.165, 1.54) is 25.3 Å². The maximum atomic E-state index is 15.1. The highest BCUT2D eigenvalue weighted by molar-refractivity contribution is 5.94. The van der Waals surface area contributed by atoms with E-state index in [2.05, 4.69) is 33.7 Å². The quantitative estimate of drug-likeness (QED) is 0.229. The number of benzene rings is 1. The molecule has 3 saturated heterocycles. The van der Waals surface area contributed by atoms with Gasteiger partial charge in [-0.05, 0) is 77.7 Å². The molecule has 6 rings (SSSR count). The van der Waals surface area contributed by atoms with E-state index in [-0.39, 0.29) is 59.5 Å². The second-order valence-corrected chi connectivity index (χ2v) is 16.4. The van der Waals surface area contributed by atoms with Crippen molar-refractivity contribution >= 4 is 17.7 Å². The Kier molecular flexibility index (Phi) is 12.7. The molecule has 51 heavy (non-hydrogen) atoms. The minimum absolute atomic E-state index is 0.0920. The average Bonchev–Trinajstić information content (AvgIpc) is 3.58. The van der Waals surface area contributed by atoms with Crippen LogP contribution >= 0.6 is 0 Å². The van der Waals surface area contributed by atoms with Crippen LogP contribution in [0.25, 0.3) is 0 Å². The molecule has 2 saturated carbocycles. The fraction of sp³-hybridized carbons (Fsp3) is 0.775. The minimum atomic E-state index is -1.06. The van der Waals surface area contributed by atoms with Gasteiger partial charge in [-0.25, -0.2) is 4.39 Å². The van der Waals surface area contributed by atoms with Crippen LogP contribution in [-0.4, -0.2) is 71.6 Å². The van der Waals surface area contributed by atoms with Gasteiger partial charge < -0.3 is 15.5 Å². The van der Waals surface area contributed by atoms with Crippen molar-refractivity contribution < 1.29 is 23.6 Å². The first kappa shape index (κ1) is 38.1. The van der Waals surface area contributed by atoms with Crippen molar-refractivity contribution in [1.29, 1.82) is 0 Å². The lowest BCUT2D eigenvalue weighted by Gasteiger charge is -2.44. The standard InChI is InChI=1S/C40H63FN6O4/c1-27-17-13-16-24-47(27)35(48)25-33(44-38(50)36-39(29(3)51-46-36)22-14-7-8-15-23-39)37(49)43-28(2)40(30-18-9-5-4-6-10-19-30)42-26-34(45-40)31-20-11-12-21-32(31)41/h11-12,20-21,27-30,33-34,36,42,45-46H,4-10,13-19,22-26H2,1-3H3,(H,43,49)(H,44,50)/t27-,28-,29?,33-,34?,36?,40?/m0/s1. The van der Waals surface area contributed by atoms with Gasteiger partial charge in [0.1, 0.15) is 17.9 Å². The summed E-state index contributed by atoms with van der Waals surface area (Å²) in [5, 5.41) is 13.9. The van der Waals surface area contributed by atoms with Gasteiger partial charge >= 0.3 is 0 Å². The van der Waals surface area contributed by atoms with Crippen LogP contribution in [0.4, 0.5) is 4.39 Å². The highest BCUT2D eigenvalue weighted by atomic mass is 19.1. The van der Waals surface area contributed by atoms with E-state index >= 15 is 4.39 Å². The molecule has 5 N–H and O–H groups in total.